The van der Waals surface area contributed by atoms with Crippen LogP contribution in [0, 0.1) is 5.41 Å². The third kappa shape index (κ3) is 3.30. The largest absolute Gasteiger partial charge is 0.468 e. The maximum atomic E-state index is 13.6. The number of amides is 1. The molecule has 1 saturated heterocycles. The van der Waals surface area contributed by atoms with E-state index < -0.39 is 11.4 Å². The summed E-state index contributed by atoms with van der Waals surface area (Å²) < 4.78 is 5.02. The molecular formula is C26H23NO3. The number of anilines is 1. The quantitative estimate of drug-likeness (QED) is 0.457. The minimum absolute atomic E-state index is 0.256. The minimum atomic E-state index is -1.28. The summed E-state index contributed by atoms with van der Waals surface area (Å²) in [6.07, 6.45) is 0.256. The van der Waals surface area contributed by atoms with E-state index in [1.807, 2.05) is 91.0 Å². The van der Waals surface area contributed by atoms with Gasteiger partial charge in [-0.25, -0.2) is 0 Å². The third-order valence-electron chi connectivity index (χ3n) is 5.53. The summed E-state index contributed by atoms with van der Waals surface area (Å²) in [4.78, 5) is 27.9. The first-order valence-electron chi connectivity index (χ1n) is 9.88. The zero-order chi connectivity index (χ0) is 21.1. The van der Waals surface area contributed by atoms with Gasteiger partial charge in [0.25, 0.3) is 0 Å². The number of methoxy groups -OCH3 is 1. The van der Waals surface area contributed by atoms with Gasteiger partial charge in [0.15, 0.2) is 0 Å². The van der Waals surface area contributed by atoms with Crippen LogP contribution >= 0.6 is 0 Å². The van der Waals surface area contributed by atoms with E-state index in [1.165, 1.54) is 7.11 Å². The second-order valence-corrected chi connectivity index (χ2v) is 7.53. The number of rotatable bonds is 4. The topological polar surface area (TPSA) is 46.6 Å². The number of ether oxygens (including phenoxy) is 1. The monoisotopic (exact) mass is 397 g/mol. The minimum Gasteiger partial charge on any atom is -0.468 e. The Hall–Kier alpha value is -3.66. The van der Waals surface area contributed by atoms with Crippen LogP contribution in [0.1, 0.15) is 24.5 Å². The number of carbonyl (C=O) groups excluding carboxylic acids is 2. The summed E-state index contributed by atoms with van der Waals surface area (Å²) in [7, 11) is 1.32. The molecule has 1 fully saturated rings. The molecular weight excluding hydrogens is 374 g/mol. The molecule has 0 saturated carbocycles. The molecule has 1 heterocycles. The van der Waals surface area contributed by atoms with E-state index in [1.54, 1.807) is 11.8 Å². The molecule has 1 aliphatic rings. The Labute approximate surface area is 176 Å². The van der Waals surface area contributed by atoms with Crippen molar-refractivity contribution in [3.05, 3.63) is 108 Å². The van der Waals surface area contributed by atoms with E-state index in [9.17, 15) is 9.59 Å². The average molecular weight is 397 g/mol. The number of allylic oxidation sites excluding steroid dienone is 1. The molecule has 4 heteroatoms. The van der Waals surface area contributed by atoms with Crippen LogP contribution in [0.2, 0.25) is 0 Å². The Morgan fingerprint density at radius 2 is 1.30 bits per heavy atom. The summed E-state index contributed by atoms with van der Waals surface area (Å²) >= 11 is 0. The summed E-state index contributed by atoms with van der Waals surface area (Å²) in [6, 6.07) is 29.4. The molecule has 0 radical (unpaired) electrons. The van der Waals surface area contributed by atoms with E-state index in [-0.39, 0.29) is 12.3 Å². The molecule has 0 bridgehead atoms. The molecule has 150 valence electrons. The van der Waals surface area contributed by atoms with Gasteiger partial charge in [0, 0.05) is 23.4 Å². The molecule has 3 aromatic carbocycles. The number of benzene rings is 3. The smallest absolute Gasteiger partial charge is 0.321 e. The number of esters is 1. The summed E-state index contributed by atoms with van der Waals surface area (Å²) in [5, 5.41) is 0. The lowest BCUT2D eigenvalue weighted by molar-refractivity contribution is -0.155. The van der Waals surface area contributed by atoms with E-state index in [0.29, 0.717) is 0 Å². The fourth-order valence-electron chi connectivity index (χ4n) is 4.00. The van der Waals surface area contributed by atoms with Gasteiger partial charge in [-0.05, 0) is 30.2 Å². The van der Waals surface area contributed by atoms with Gasteiger partial charge in [0.1, 0.15) is 5.41 Å². The Morgan fingerprint density at radius 3 is 1.77 bits per heavy atom. The van der Waals surface area contributed by atoms with Gasteiger partial charge in [0.05, 0.1) is 7.11 Å². The summed E-state index contributed by atoms with van der Waals surface area (Å²) in [5.74, 6) is -0.802. The fourth-order valence-corrected chi connectivity index (χ4v) is 4.00. The second-order valence-electron chi connectivity index (χ2n) is 7.53. The Balaban J connectivity index is 2.02. The highest BCUT2D eigenvalue weighted by atomic mass is 16.5. The van der Waals surface area contributed by atoms with E-state index in [2.05, 4.69) is 0 Å². The zero-order valence-corrected chi connectivity index (χ0v) is 17.0. The Kier molecular flexibility index (Phi) is 5.23. The Bertz CT molecular complexity index is 1050. The van der Waals surface area contributed by atoms with Crippen molar-refractivity contribution in [2.75, 3.05) is 12.0 Å². The van der Waals surface area contributed by atoms with Gasteiger partial charge >= 0.3 is 5.97 Å². The van der Waals surface area contributed by atoms with Gasteiger partial charge in [-0.15, -0.1) is 0 Å². The predicted molar refractivity (Wildman–Crippen MR) is 118 cm³/mol. The van der Waals surface area contributed by atoms with Crippen LogP contribution in [0.4, 0.5) is 5.69 Å². The fraction of sp³-hybridized carbons (Fsp3) is 0.154. The van der Waals surface area contributed by atoms with Crippen LogP contribution in [-0.4, -0.2) is 19.0 Å². The molecule has 0 unspecified atom stereocenters. The maximum absolute atomic E-state index is 13.6. The van der Waals surface area contributed by atoms with Crippen molar-refractivity contribution >= 4 is 23.1 Å². The highest BCUT2D eigenvalue weighted by Crippen LogP contribution is 2.46. The number of hydrogen-bond acceptors (Lipinski definition) is 3. The summed E-state index contributed by atoms with van der Waals surface area (Å²) in [6.45, 7) is 1.66. The van der Waals surface area contributed by atoms with E-state index in [0.717, 1.165) is 28.1 Å². The van der Waals surface area contributed by atoms with Crippen molar-refractivity contribution in [2.24, 2.45) is 5.41 Å². The van der Waals surface area contributed by atoms with Crippen LogP contribution in [0.3, 0.4) is 0 Å². The van der Waals surface area contributed by atoms with Gasteiger partial charge in [-0.3, -0.25) is 14.5 Å². The SMILES string of the molecule is COC(=O)[C@]1(C)CC(=C(c2ccccc2)c2ccccc2)N(c2ccccc2)C1=O. The number of hydrogen-bond donors (Lipinski definition) is 0. The Morgan fingerprint density at radius 1 is 0.833 bits per heavy atom. The van der Waals surface area contributed by atoms with Gasteiger partial charge < -0.3 is 4.74 Å². The molecule has 30 heavy (non-hydrogen) atoms. The predicted octanol–water partition coefficient (Wildman–Crippen LogP) is 5.06. The lowest BCUT2D eigenvalue weighted by Crippen LogP contribution is -2.38. The highest BCUT2D eigenvalue weighted by Gasteiger charge is 2.53. The van der Waals surface area contributed by atoms with Crippen molar-refractivity contribution in [1.82, 2.24) is 0 Å². The molecule has 0 aliphatic carbocycles. The normalized spacial score (nSPS) is 18.4. The highest BCUT2D eigenvalue weighted by molar-refractivity contribution is 6.16. The molecule has 1 atom stereocenters. The molecule has 0 aromatic heterocycles. The molecule has 0 spiro atoms. The van der Waals surface area contributed by atoms with Crippen LogP contribution in [0.25, 0.3) is 5.57 Å². The van der Waals surface area contributed by atoms with Crippen molar-refractivity contribution in [2.45, 2.75) is 13.3 Å². The first-order chi connectivity index (χ1) is 14.6. The van der Waals surface area contributed by atoms with Crippen LogP contribution in [0.5, 0.6) is 0 Å². The first kappa shape index (κ1) is 19.6. The standard InChI is InChI=1S/C26H23NO3/c1-26(25(29)30-2)18-22(27(24(26)28)21-16-10-5-11-17-21)23(19-12-6-3-7-13-19)20-14-8-4-9-15-20/h3-17H,18H2,1-2H3/t26-/m1/s1. The number of carbonyl (C=O) groups is 2. The molecule has 4 nitrogen and oxygen atoms in total. The number of nitrogens with zero attached hydrogens (tertiary/aromatic N) is 1. The molecule has 1 aliphatic heterocycles. The third-order valence-corrected chi connectivity index (χ3v) is 5.53. The second kappa shape index (κ2) is 7.99. The van der Waals surface area contributed by atoms with Crippen molar-refractivity contribution < 1.29 is 14.3 Å². The van der Waals surface area contributed by atoms with Crippen LogP contribution in [0.15, 0.2) is 96.7 Å². The van der Waals surface area contributed by atoms with Gasteiger partial charge in [-0.2, -0.15) is 0 Å². The first-order valence-corrected chi connectivity index (χ1v) is 9.88. The van der Waals surface area contributed by atoms with Crippen molar-refractivity contribution in [3.8, 4) is 0 Å². The van der Waals surface area contributed by atoms with Crippen LogP contribution < -0.4 is 4.90 Å². The molecule has 0 N–H and O–H groups in total. The molecule has 3 aromatic rings. The molecule has 1 amide bonds. The lowest BCUT2D eigenvalue weighted by atomic mass is 9.86. The lowest BCUT2D eigenvalue weighted by Gasteiger charge is -2.23. The summed E-state index contributed by atoms with van der Waals surface area (Å²) in [5.41, 5.74) is 3.14. The van der Waals surface area contributed by atoms with Crippen molar-refractivity contribution in [1.29, 1.82) is 0 Å². The zero-order valence-electron chi connectivity index (χ0n) is 17.0. The average Bonchev–Trinajstić information content (AvgIpc) is 3.06. The van der Waals surface area contributed by atoms with Gasteiger partial charge in [0.2, 0.25) is 5.91 Å². The number of para-hydroxylation sites is 1. The van der Waals surface area contributed by atoms with E-state index >= 15 is 0 Å². The van der Waals surface area contributed by atoms with Crippen LogP contribution in [-0.2, 0) is 14.3 Å². The van der Waals surface area contributed by atoms with Gasteiger partial charge in [-0.1, -0.05) is 78.9 Å². The van der Waals surface area contributed by atoms with Crippen molar-refractivity contribution in [3.63, 3.8) is 0 Å². The molecule has 4 rings (SSSR count). The van der Waals surface area contributed by atoms with E-state index in [4.69, 9.17) is 4.74 Å². The maximum Gasteiger partial charge on any atom is 0.321 e.